The molecule has 2 rings (SSSR count). The first-order chi connectivity index (χ1) is 6.68. The Morgan fingerprint density at radius 3 is 2.57 bits per heavy atom. The van der Waals surface area contributed by atoms with Crippen molar-refractivity contribution < 1.29 is 0 Å². The molecule has 2 aromatic rings. The molecular formula is C9H11Cl2N3. The van der Waals surface area contributed by atoms with Gasteiger partial charge in [0.05, 0.1) is 10.7 Å². The van der Waals surface area contributed by atoms with E-state index in [0.29, 0.717) is 10.2 Å². The van der Waals surface area contributed by atoms with Crippen LogP contribution < -0.4 is 0 Å². The fourth-order valence-electron chi connectivity index (χ4n) is 1.01. The van der Waals surface area contributed by atoms with E-state index in [4.69, 9.17) is 23.2 Å². The average molecular weight is 232 g/mol. The lowest BCUT2D eigenvalue weighted by Crippen LogP contribution is -1.79. The highest BCUT2D eigenvalue weighted by Gasteiger charge is 2.06. The van der Waals surface area contributed by atoms with E-state index in [9.17, 15) is 0 Å². The number of hydrogen-bond acceptors (Lipinski definition) is 2. The zero-order chi connectivity index (χ0) is 10.7. The Kier molecular flexibility index (Phi) is 3.72. The molecule has 0 atom stereocenters. The van der Waals surface area contributed by atoms with Gasteiger partial charge < -0.3 is 0 Å². The largest absolute Gasteiger partial charge is 0.280 e. The number of rotatable bonds is 0. The van der Waals surface area contributed by atoms with Crippen molar-refractivity contribution in [3.05, 3.63) is 21.9 Å². The molecule has 0 saturated carbocycles. The molecule has 3 nitrogen and oxygen atoms in total. The molecule has 0 spiro atoms. The lowest BCUT2D eigenvalue weighted by Gasteiger charge is -1.93. The molecule has 0 unspecified atom stereocenters. The van der Waals surface area contributed by atoms with Gasteiger partial charge in [0.1, 0.15) is 16.2 Å². The van der Waals surface area contributed by atoms with Gasteiger partial charge in [-0.1, -0.05) is 37.0 Å². The SMILES string of the molecule is CC.Cc1[nH]nc2cc(Cl)c(Cl)nc12. The van der Waals surface area contributed by atoms with Gasteiger partial charge in [-0.05, 0) is 13.0 Å². The van der Waals surface area contributed by atoms with Gasteiger partial charge in [0.2, 0.25) is 0 Å². The Labute approximate surface area is 92.4 Å². The minimum atomic E-state index is 0.314. The Hall–Kier alpha value is -0.800. The second-order valence-corrected chi connectivity index (χ2v) is 3.24. The molecule has 1 N–H and O–H groups in total. The first-order valence-corrected chi connectivity index (χ1v) is 5.11. The number of aromatic nitrogens is 3. The Morgan fingerprint density at radius 1 is 1.29 bits per heavy atom. The molecular weight excluding hydrogens is 221 g/mol. The number of hydrogen-bond donors (Lipinski definition) is 1. The highest BCUT2D eigenvalue weighted by atomic mass is 35.5. The standard InChI is InChI=1S/C7H5Cl2N3.C2H6/c1-3-6-5(12-11-3)2-4(8)7(9)10-6;1-2/h2H,1H3,(H,11,12);1-2H3. The summed E-state index contributed by atoms with van der Waals surface area (Å²) in [6, 6.07) is 1.69. The minimum absolute atomic E-state index is 0.314. The van der Waals surface area contributed by atoms with Crippen LogP contribution in [0, 0.1) is 6.92 Å². The molecule has 5 heteroatoms. The van der Waals surface area contributed by atoms with Crippen molar-refractivity contribution in [2.45, 2.75) is 20.8 Å². The summed E-state index contributed by atoms with van der Waals surface area (Å²) < 4.78 is 0. The maximum absolute atomic E-state index is 5.75. The molecule has 76 valence electrons. The van der Waals surface area contributed by atoms with E-state index in [0.717, 1.165) is 16.7 Å². The Balaban J connectivity index is 0.000000461. The van der Waals surface area contributed by atoms with Crippen molar-refractivity contribution in [1.29, 1.82) is 0 Å². The fraction of sp³-hybridized carbons (Fsp3) is 0.333. The number of aromatic amines is 1. The van der Waals surface area contributed by atoms with Crippen LogP contribution in [0.1, 0.15) is 19.5 Å². The molecule has 0 aliphatic heterocycles. The van der Waals surface area contributed by atoms with Gasteiger partial charge in [-0.15, -0.1) is 0 Å². The molecule has 0 fully saturated rings. The number of pyridine rings is 1. The maximum Gasteiger partial charge on any atom is 0.148 e. The van der Waals surface area contributed by atoms with Gasteiger partial charge in [-0.3, -0.25) is 5.10 Å². The number of nitrogens with one attached hydrogen (secondary N) is 1. The summed E-state index contributed by atoms with van der Waals surface area (Å²) in [5.74, 6) is 0. The minimum Gasteiger partial charge on any atom is -0.280 e. The molecule has 0 aliphatic rings. The normalized spacial score (nSPS) is 9.79. The van der Waals surface area contributed by atoms with E-state index in [-0.39, 0.29) is 0 Å². The van der Waals surface area contributed by atoms with E-state index < -0.39 is 0 Å². The summed E-state index contributed by atoms with van der Waals surface area (Å²) in [7, 11) is 0. The fourth-order valence-corrected chi connectivity index (χ4v) is 1.30. The highest BCUT2D eigenvalue weighted by Crippen LogP contribution is 2.24. The van der Waals surface area contributed by atoms with Gasteiger partial charge in [0, 0.05) is 0 Å². The third-order valence-corrected chi connectivity index (χ3v) is 2.29. The molecule has 14 heavy (non-hydrogen) atoms. The van der Waals surface area contributed by atoms with Crippen LogP contribution in [0.15, 0.2) is 6.07 Å². The van der Waals surface area contributed by atoms with E-state index in [1.165, 1.54) is 0 Å². The van der Waals surface area contributed by atoms with E-state index in [1.54, 1.807) is 6.07 Å². The smallest absolute Gasteiger partial charge is 0.148 e. The van der Waals surface area contributed by atoms with Crippen LogP contribution in [0.4, 0.5) is 0 Å². The summed E-state index contributed by atoms with van der Waals surface area (Å²) in [6.45, 7) is 5.88. The zero-order valence-corrected chi connectivity index (χ0v) is 9.74. The van der Waals surface area contributed by atoms with Crippen molar-refractivity contribution >= 4 is 34.2 Å². The second kappa shape index (κ2) is 4.62. The summed E-state index contributed by atoms with van der Waals surface area (Å²) >= 11 is 11.5. The molecule has 0 amide bonds. The first-order valence-electron chi connectivity index (χ1n) is 4.35. The molecule has 0 radical (unpaired) electrons. The topological polar surface area (TPSA) is 41.6 Å². The van der Waals surface area contributed by atoms with Gasteiger partial charge in [0.25, 0.3) is 0 Å². The molecule has 0 saturated heterocycles. The van der Waals surface area contributed by atoms with Crippen molar-refractivity contribution in [3.63, 3.8) is 0 Å². The third-order valence-electron chi connectivity index (χ3n) is 1.61. The lowest BCUT2D eigenvalue weighted by molar-refractivity contribution is 1.07. The van der Waals surface area contributed by atoms with Crippen LogP contribution in [-0.4, -0.2) is 15.2 Å². The van der Waals surface area contributed by atoms with Gasteiger partial charge in [0.15, 0.2) is 0 Å². The van der Waals surface area contributed by atoms with Gasteiger partial charge in [-0.25, -0.2) is 4.98 Å². The van der Waals surface area contributed by atoms with Crippen molar-refractivity contribution in [2.24, 2.45) is 0 Å². The monoisotopic (exact) mass is 231 g/mol. The Morgan fingerprint density at radius 2 is 1.93 bits per heavy atom. The second-order valence-electron chi connectivity index (χ2n) is 2.48. The highest BCUT2D eigenvalue weighted by molar-refractivity contribution is 6.41. The summed E-state index contributed by atoms with van der Waals surface area (Å²) in [5, 5.41) is 7.53. The van der Waals surface area contributed by atoms with Crippen molar-refractivity contribution in [2.75, 3.05) is 0 Å². The third kappa shape index (κ3) is 1.99. The Bertz CT molecular complexity index is 437. The van der Waals surface area contributed by atoms with E-state index >= 15 is 0 Å². The number of H-pyrrole nitrogens is 1. The molecule has 0 bridgehead atoms. The van der Waals surface area contributed by atoms with Gasteiger partial charge >= 0.3 is 0 Å². The number of aryl methyl sites for hydroxylation is 1. The van der Waals surface area contributed by atoms with Crippen molar-refractivity contribution in [1.82, 2.24) is 15.2 Å². The molecule has 2 aromatic heterocycles. The summed E-state index contributed by atoms with van der Waals surface area (Å²) in [6.07, 6.45) is 0. The van der Waals surface area contributed by atoms with E-state index in [2.05, 4.69) is 15.2 Å². The summed E-state index contributed by atoms with van der Waals surface area (Å²) in [4.78, 5) is 4.07. The van der Waals surface area contributed by atoms with Crippen LogP contribution in [0.2, 0.25) is 10.2 Å². The van der Waals surface area contributed by atoms with Crippen LogP contribution in [0.5, 0.6) is 0 Å². The quantitative estimate of drug-likeness (QED) is 0.705. The lowest BCUT2D eigenvalue weighted by atomic mass is 10.3. The molecule has 0 aromatic carbocycles. The maximum atomic E-state index is 5.75. The van der Waals surface area contributed by atoms with Crippen LogP contribution in [-0.2, 0) is 0 Å². The number of halogens is 2. The van der Waals surface area contributed by atoms with Crippen LogP contribution in [0.3, 0.4) is 0 Å². The zero-order valence-electron chi connectivity index (χ0n) is 8.23. The predicted octanol–water partition coefficient (Wildman–Crippen LogP) is 3.60. The average Bonchev–Trinajstić information content (AvgIpc) is 2.53. The van der Waals surface area contributed by atoms with Crippen LogP contribution in [0.25, 0.3) is 11.0 Å². The van der Waals surface area contributed by atoms with Gasteiger partial charge in [-0.2, -0.15) is 5.10 Å². The van der Waals surface area contributed by atoms with Crippen LogP contribution >= 0.6 is 23.2 Å². The molecule has 0 aliphatic carbocycles. The predicted molar refractivity (Wildman–Crippen MR) is 60.0 cm³/mol. The summed E-state index contributed by atoms with van der Waals surface area (Å²) in [5.41, 5.74) is 2.40. The van der Waals surface area contributed by atoms with Crippen molar-refractivity contribution in [3.8, 4) is 0 Å². The first kappa shape index (κ1) is 11.3. The molecule has 2 heterocycles. The number of nitrogens with zero attached hydrogens (tertiary/aromatic N) is 2. The van der Waals surface area contributed by atoms with E-state index in [1.807, 2.05) is 20.8 Å². The number of fused-ring (bicyclic) bond motifs is 1.